The van der Waals surface area contributed by atoms with Crippen LogP contribution in [0.1, 0.15) is 37.4 Å². The maximum Gasteiger partial charge on any atom is 0.319 e. The average molecular weight is 415 g/mol. The normalized spacial score (nSPS) is 34.4. The topological polar surface area (TPSA) is 84.0 Å². The minimum atomic E-state index is -0.803. The Balaban J connectivity index is 1.79. The molecule has 4 aliphatic rings. The van der Waals surface area contributed by atoms with Crippen molar-refractivity contribution in [3.05, 3.63) is 23.4 Å². The molecule has 7 nitrogen and oxygen atoms in total. The van der Waals surface area contributed by atoms with Crippen LogP contribution in [0.3, 0.4) is 0 Å². The molecule has 4 bridgehead atoms. The second kappa shape index (κ2) is 6.89. The molecule has 2 N–H and O–H groups in total. The first-order chi connectivity index (χ1) is 14.5. The minimum absolute atomic E-state index is 0.0560. The molecule has 2 aromatic rings. The van der Waals surface area contributed by atoms with Crippen LogP contribution in [0.5, 0.6) is 11.5 Å². The molecule has 1 aromatic heterocycles. The van der Waals surface area contributed by atoms with Crippen LogP contribution in [0.25, 0.3) is 10.9 Å². The maximum absolute atomic E-state index is 13.5. The Kier molecular flexibility index (Phi) is 4.52. The van der Waals surface area contributed by atoms with Gasteiger partial charge in [0.25, 0.3) is 0 Å². The summed E-state index contributed by atoms with van der Waals surface area (Å²) in [4.78, 5) is 19.3. The summed E-state index contributed by atoms with van der Waals surface area (Å²) >= 11 is 0. The van der Waals surface area contributed by atoms with Crippen molar-refractivity contribution in [2.45, 2.75) is 50.3 Å². The number of hydrogen-bond donors (Lipinski definition) is 2. The summed E-state index contributed by atoms with van der Waals surface area (Å²) in [5.41, 5.74) is 2.20. The van der Waals surface area contributed by atoms with Gasteiger partial charge in [-0.2, -0.15) is 0 Å². The highest BCUT2D eigenvalue weighted by Crippen LogP contribution is 2.57. The zero-order chi connectivity index (χ0) is 21.2. The number of hydrogen-bond acceptors (Lipinski definition) is 6. The van der Waals surface area contributed by atoms with Crippen LogP contribution in [0, 0.1) is 11.8 Å². The molecule has 3 aliphatic heterocycles. The van der Waals surface area contributed by atoms with Crippen molar-refractivity contribution in [1.82, 2.24) is 9.88 Å². The predicted octanol–water partition coefficient (Wildman–Crippen LogP) is 2.59. The first-order valence-electron chi connectivity index (χ1n) is 10.8. The van der Waals surface area contributed by atoms with E-state index >= 15 is 0 Å². The van der Waals surface area contributed by atoms with Gasteiger partial charge in [0.2, 0.25) is 0 Å². The third kappa shape index (κ3) is 2.36. The third-order valence-corrected chi connectivity index (χ3v) is 7.81. The molecule has 2 saturated heterocycles. The van der Waals surface area contributed by atoms with Crippen LogP contribution < -0.4 is 9.47 Å². The van der Waals surface area contributed by atoms with Gasteiger partial charge in [0.05, 0.1) is 21.3 Å². The second-order valence-electron chi connectivity index (χ2n) is 8.91. The Hall–Kier alpha value is -2.25. The SMILES string of the molecule is CC[C@H]1C[C@H]2C[C@@]3(C(=O)OC)c4[nH]c5cc(OC)c(OC)cc5c4CCN(C2O)[C@@H]13. The Morgan fingerprint density at radius 1 is 1.27 bits per heavy atom. The van der Waals surface area contributed by atoms with Crippen LogP contribution in [0.2, 0.25) is 0 Å². The smallest absolute Gasteiger partial charge is 0.319 e. The summed E-state index contributed by atoms with van der Waals surface area (Å²) < 4.78 is 16.5. The average Bonchev–Trinajstić information content (AvgIpc) is 3.08. The fourth-order valence-corrected chi connectivity index (χ4v) is 6.61. The lowest BCUT2D eigenvalue weighted by atomic mass is 9.56. The van der Waals surface area contributed by atoms with Crippen LogP contribution in [0.4, 0.5) is 0 Å². The number of rotatable bonds is 4. The summed E-state index contributed by atoms with van der Waals surface area (Å²) in [6.45, 7) is 2.89. The lowest BCUT2D eigenvalue weighted by molar-refractivity contribution is -0.196. The predicted molar refractivity (Wildman–Crippen MR) is 112 cm³/mol. The van der Waals surface area contributed by atoms with Crippen LogP contribution in [-0.4, -0.2) is 61.1 Å². The number of piperidine rings is 2. The van der Waals surface area contributed by atoms with E-state index < -0.39 is 11.6 Å². The summed E-state index contributed by atoms with van der Waals surface area (Å²) in [6.07, 6.45) is 2.78. The van der Waals surface area contributed by atoms with Gasteiger partial charge in [-0.25, -0.2) is 0 Å². The molecule has 6 atom stereocenters. The molecule has 4 heterocycles. The van der Waals surface area contributed by atoms with E-state index in [4.69, 9.17) is 14.2 Å². The van der Waals surface area contributed by atoms with Crippen molar-refractivity contribution in [1.29, 1.82) is 0 Å². The molecule has 0 spiro atoms. The molecule has 6 rings (SSSR count). The van der Waals surface area contributed by atoms with Crippen LogP contribution >= 0.6 is 0 Å². The monoisotopic (exact) mass is 414 g/mol. The van der Waals surface area contributed by atoms with Crippen LogP contribution in [-0.2, 0) is 21.4 Å². The lowest BCUT2D eigenvalue weighted by Gasteiger charge is -2.59. The van der Waals surface area contributed by atoms with Crippen molar-refractivity contribution in [3.63, 3.8) is 0 Å². The summed E-state index contributed by atoms with van der Waals surface area (Å²) in [6, 6.07) is 3.86. The van der Waals surface area contributed by atoms with Gasteiger partial charge in [0.1, 0.15) is 11.6 Å². The van der Waals surface area contributed by atoms with Crippen molar-refractivity contribution in [2.75, 3.05) is 27.9 Å². The Bertz CT molecular complexity index is 1000. The number of methoxy groups -OCH3 is 3. The van der Waals surface area contributed by atoms with Gasteiger partial charge in [-0.05, 0) is 36.8 Å². The second-order valence-corrected chi connectivity index (χ2v) is 8.91. The number of aliphatic hydroxyl groups is 1. The molecule has 1 aliphatic carbocycles. The van der Waals surface area contributed by atoms with Crippen molar-refractivity contribution >= 4 is 16.9 Å². The molecular weight excluding hydrogens is 384 g/mol. The highest BCUT2D eigenvalue weighted by atomic mass is 16.5. The maximum atomic E-state index is 13.5. The number of carbonyl (C=O) groups excluding carboxylic acids is 1. The fourth-order valence-electron chi connectivity index (χ4n) is 6.61. The van der Waals surface area contributed by atoms with E-state index in [1.54, 1.807) is 14.2 Å². The molecular formula is C23H30N2O5. The summed E-state index contributed by atoms with van der Waals surface area (Å²) in [5, 5.41) is 12.1. The van der Waals surface area contributed by atoms with E-state index in [0.29, 0.717) is 30.4 Å². The number of aromatic nitrogens is 1. The van der Waals surface area contributed by atoms with Gasteiger partial charge in [0.15, 0.2) is 11.5 Å². The molecule has 2 unspecified atom stereocenters. The van der Waals surface area contributed by atoms with Crippen LogP contribution in [0.15, 0.2) is 12.1 Å². The number of fused-ring (bicyclic) bond motifs is 4. The largest absolute Gasteiger partial charge is 0.493 e. The number of ether oxygens (including phenoxy) is 3. The van der Waals surface area contributed by atoms with E-state index in [1.165, 1.54) is 7.11 Å². The zero-order valence-electron chi connectivity index (χ0n) is 18.0. The highest BCUT2D eigenvalue weighted by Gasteiger charge is 2.65. The zero-order valence-corrected chi connectivity index (χ0v) is 18.0. The highest BCUT2D eigenvalue weighted by molar-refractivity contribution is 5.93. The minimum Gasteiger partial charge on any atom is -0.493 e. The number of nitrogens with zero attached hydrogens (tertiary/aromatic N) is 1. The number of esters is 1. The molecule has 162 valence electrons. The Morgan fingerprint density at radius 2 is 2.00 bits per heavy atom. The molecule has 7 heteroatoms. The molecule has 3 fully saturated rings. The molecule has 30 heavy (non-hydrogen) atoms. The van der Waals surface area contributed by atoms with Gasteiger partial charge < -0.3 is 24.3 Å². The summed E-state index contributed by atoms with van der Waals surface area (Å²) in [7, 11) is 4.73. The molecule has 0 amide bonds. The molecule has 0 radical (unpaired) electrons. The lowest BCUT2D eigenvalue weighted by Crippen LogP contribution is -2.70. The van der Waals surface area contributed by atoms with E-state index in [0.717, 1.165) is 41.4 Å². The number of H-pyrrole nitrogens is 1. The van der Waals surface area contributed by atoms with Gasteiger partial charge in [-0.15, -0.1) is 0 Å². The van der Waals surface area contributed by atoms with E-state index in [9.17, 15) is 9.90 Å². The fraction of sp³-hybridized carbons (Fsp3) is 0.609. The summed E-state index contributed by atoms with van der Waals surface area (Å²) in [5.74, 6) is 1.51. The van der Waals surface area contributed by atoms with E-state index in [1.807, 2.05) is 12.1 Å². The van der Waals surface area contributed by atoms with Crippen molar-refractivity contribution in [3.8, 4) is 11.5 Å². The van der Waals surface area contributed by atoms with Crippen molar-refractivity contribution in [2.24, 2.45) is 11.8 Å². The standard InChI is InChI=1S/C23H30N2O5/c1-5-12-8-13-11-23(22(27)30-4)19-14(6-7-25(20(12)23)21(13)26)15-9-17(28-2)18(29-3)10-16(15)24-19/h9-10,12-13,20-21,24,26H,5-8,11H2,1-4H3/t12-,13-,20-,21?,23+/m0/s1. The molecule has 1 saturated carbocycles. The van der Waals surface area contributed by atoms with Gasteiger partial charge in [-0.3, -0.25) is 9.69 Å². The first-order valence-corrected chi connectivity index (χ1v) is 10.8. The number of nitrogens with one attached hydrogen (secondary N) is 1. The number of benzene rings is 1. The van der Waals surface area contributed by atoms with Gasteiger partial charge >= 0.3 is 5.97 Å². The van der Waals surface area contributed by atoms with Crippen molar-refractivity contribution < 1.29 is 24.1 Å². The molecule has 1 aromatic carbocycles. The third-order valence-electron chi connectivity index (χ3n) is 7.81. The number of aromatic amines is 1. The van der Waals surface area contributed by atoms with E-state index in [2.05, 4.69) is 16.8 Å². The Labute approximate surface area is 176 Å². The Morgan fingerprint density at radius 3 is 2.67 bits per heavy atom. The number of aliphatic hydroxyl groups excluding tert-OH is 1. The first kappa shape index (κ1) is 19.7. The van der Waals surface area contributed by atoms with Gasteiger partial charge in [-0.1, -0.05) is 13.3 Å². The quantitative estimate of drug-likeness (QED) is 0.749. The van der Waals surface area contributed by atoms with E-state index in [-0.39, 0.29) is 17.9 Å². The van der Waals surface area contributed by atoms with Gasteiger partial charge in [0, 0.05) is 41.2 Å². The number of carbonyl (C=O) groups is 1.